The summed E-state index contributed by atoms with van der Waals surface area (Å²) in [6.07, 6.45) is 0.341. The van der Waals surface area contributed by atoms with Gasteiger partial charge < -0.3 is 10.1 Å². The predicted octanol–water partition coefficient (Wildman–Crippen LogP) is 0.343. The summed E-state index contributed by atoms with van der Waals surface area (Å²) in [6.45, 7) is 0.506. The first-order chi connectivity index (χ1) is 9.91. The fourth-order valence-corrected chi connectivity index (χ4v) is 4.39. The van der Waals surface area contributed by atoms with Gasteiger partial charge in [-0.15, -0.1) is 0 Å². The minimum Gasteiger partial charge on any atom is -0.494 e. The Balaban J connectivity index is 1.85. The molecule has 2 aliphatic heterocycles. The number of hydrogen-bond acceptors (Lipinski definition) is 4. The normalized spacial score (nSPS) is 25.7. The van der Waals surface area contributed by atoms with Crippen LogP contribution < -0.4 is 10.1 Å². The quantitative estimate of drug-likeness (QED) is 0.873. The highest BCUT2D eigenvalue weighted by molar-refractivity contribution is 7.89. The van der Waals surface area contributed by atoms with Gasteiger partial charge in [-0.3, -0.25) is 4.79 Å². The summed E-state index contributed by atoms with van der Waals surface area (Å²) in [7, 11) is -2.44. The van der Waals surface area contributed by atoms with E-state index in [9.17, 15) is 17.6 Å². The van der Waals surface area contributed by atoms with E-state index in [1.807, 2.05) is 0 Å². The van der Waals surface area contributed by atoms with Crippen LogP contribution in [0.4, 0.5) is 4.39 Å². The molecule has 2 saturated heterocycles. The largest absolute Gasteiger partial charge is 0.494 e. The van der Waals surface area contributed by atoms with Crippen LogP contribution in [-0.4, -0.2) is 44.9 Å². The number of amides is 1. The van der Waals surface area contributed by atoms with Gasteiger partial charge in [0.25, 0.3) is 0 Å². The van der Waals surface area contributed by atoms with Gasteiger partial charge in [0.15, 0.2) is 11.6 Å². The third-order valence-corrected chi connectivity index (χ3v) is 5.79. The summed E-state index contributed by atoms with van der Waals surface area (Å²) in [6, 6.07) is 3.43. The van der Waals surface area contributed by atoms with Gasteiger partial charge in [0.1, 0.15) is 0 Å². The van der Waals surface area contributed by atoms with Crippen LogP contribution in [0.3, 0.4) is 0 Å². The fourth-order valence-electron chi connectivity index (χ4n) is 2.86. The van der Waals surface area contributed by atoms with Crippen LogP contribution in [0.15, 0.2) is 23.1 Å². The smallest absolute Gasteiger partial charge is 0.243 e. The van der Waals surface area contributed by atoms with Gasteiger partial charge in [-0.1, -0.05) is 0 Å². The number of nitrogens with zero attached hydrogens (tertiary/aromatic N) is 1. The number of sulfonamides is 1. The molecule has 1 N–H and O–H groups in total. The molecule has 6 nitrogen and oxygen atoms in total. The van der Waals surface area contributed by atoms with Crippen LogP contribution >= 0.6 is 0 Å². The summed E-state index contributed by atoms with van der Waals surface area (Å²) >= 11 is 0. The fraction of sp³-hybridized carbons (Fsp3) is 0.462. The molecule has 2 aliphatic rings. The van der Waals surface area contributed by atoms with E-state index in [1.165, 1.54) is 23.5 Å². The highest BCUT2D eigenvalue weighted by atomic mass is 32.2. The number of halogens is 1. The molecule has 114 valence electrons. The van der Waals surface area contributed by atoms with Crippen LogP contribution in [0, 0.1) is 11.7 Å². The number of fused-ring (bicyclic) bond motifs is 1. The number of nitrogens with one attached hydrogen (secondary N) is 1. The maximum Gasteiger partial charge on any atom is 0.243 e. The van der Waals surface area contributed by atoms with Crippen molar-refractivity contribution in [3.8, 4) is 5.75 Å². The molecule has 2 atom stereocenters. The Hall–Kier alpha value is -1.67. The molecular weight excluding hydrogens is 299 g/mol. The molecular formula is C13H15FN2O4S. The van der Waals surface area contributed by atoms with Gasteiger partial charge in [-0.25, -0.2) is 12.8 Å². The SMILES string of the molecule is COc1ccc(S(=O)(=O)N2C[C@@H]3CC(=O)N[C@@H]3C2)cc1F. The first-order valence-corrected chi connectivity index (χ1v) is 7.99. The lowest BCUT2D eigenvalue weighted by molar-refractivity contribution is -0.119. The van der Waals surface area contributed by atoms with Crippen LogP contribution in [0.5, 0.6) is 5.75 Å². The summed E-state index contributed by atoms with van der Waals surface area (Å²) in [5.74, 6) is -0.765. The third-order valence-electron chi connectivity index (χ3n) is 3.96. The lowest BCUT2D eigenvalue weighted by Crippen LogP contribution is -2.35. The minimum absolute atomic E-state index is 0.000459. The zero-order valence-electron chi connectivity index (χ0n) is 11.4. The van der Waals surface area contributed by atoms with Crippen molar-refractivity contribution in [2.24, 2.45) is 5.92 Å². The monoisotopic (exact) mass is 314 g/mol. The molecule has 3 rings (SSSR count). The van der Waals surface area contributed by atoms with E-state index in [2.05, 4.69) is 5.32 Å². The van der Waals surface area contributed by atoms with E-state index in [0.717, 1.165) is 6.07 Å². The Labute approximate surface area is 121 Å². The molecule has 0 aliphatic carbocycles. The van der Waals surface area contributed by atoms with Crippen molar-refractivity contribution in [3.63, 3.8) is 0 Å². The van der Waals surface area contributed by atoms with E-state index >= 15 is 0 Å². The lowest BCUT2D eigenvalue weighted by atomic mass is 10.1. The summed E-state index contributed by atoms with van der Waals surface area (Å²) in [4.78, 5) is 11.2. The minimum atomic E-state index is -3.76. The summed E-state index contributed by atoms with van der Waals surface area (Å²) in [5, 5.41) is 2.76. The number of ether oxygens (including phenoxy) is 1. The lowest BCUT2D eigenvalue weighted by Gasteiger charge is -2.17. The highest BCUT2D eigenvalue weighted by Gasteiger charge is 2.44. The van der Waals surface area contributed by atoms with E-state index in [4.69, 9.17) is 4.74 Å². The molecule has 2 fully saturated rings. The average Bonchev–Trinajstić information content (AvgIpc) is 2.96. The van der Waals surface area contributed by atoms with Gasteiger partial charge in [0, 0.05) is 31.5 Å². The second-order valence-electron chi connectivity index (χ2n) is 5.26. The Bertz CT molecular complexity index is 675. The molecule has 8 heteroatoms. The van der Waals surface area contributed by atoms with Crippen molar-refractivity contribution in [2.75, 3.05) is 20.2 Å². The molecule has 1 aromatic carbocycles. The van der Waals surface area contributed by atoms with Crippen molar-refractivity contribution >= 4 is 15.9 Å². The van der Waals surface area contributed by atoms with Crippen LogP contribution in [0.25, 0.3) is 0 Å². The number of carbonyl (C=O) groups is 1. The molecule has 2 heterocycles. The zero-order chi connectivity index (χ0) is 15.2. The number of rotatable bonds is 3. The van der Waals surface area contributed by atoms with Crippen molar-refractivity contribution in [3.05, 3.63) is 24.0 Å². The first-order valence-electron chi connectivity index (χ1n) is 6.55. The van der Waals surface area contributed by atoms with Crippen molar-refractivity contribution < 1.29 is 22.3 Å². The molecule has 0 spiro atoms. The van der Waals surface area contributed by atoms with Crippen LogP contribution in [0.2, 0.25) is 0 Å². The maximum atomic E-state index is 13.7. The van der Waals surface area contributed by atoms with Crippen molar-refractivity contribution in [1.29, 1.82) is 0 Å². The standard InChI is InChI=1S/C13H15FN2O4S/c1-20-12-3-2-9(5-10(12)14)21(18,19)16-6-8-4-13(17)15-11(8)7-16/h2-3,5,8,11H,4,6-7H2,1H3,(H,15,17)/t8-,11+/m0/s1. The van der Waals surface area contributed by atoms with Gasteiger partial charge in [0.05, 0.1) is 12.0 Å². The van der Waals surface area contributed by atoms with E-state index in [0.29, 0.717) is 6.42 Å². The Morgan fingerprint density at radius 1 is 1.38 bits per heavy atom. The number of carbonyl (C=O) groups excluding carboxylic acids is 1. The second-order valence-corrected chi connectivity index (χ2v) is 7.19. The maximum absolute atomic E-state index is 13.7. The highest BCUT2D eigenvalue weighted by Crippen LogP contribution is 2.31. The van der Waals surface area contributed by atoms with E-state index in [1.54, 1.807) is 0 Å². The summed E-state index contributed by atoms with van der Waals surface area (Å²) in [5.41, 5.74) is 0. The first kappa shape index (κ1) is 14.3. The van der Waals surface area contributed by atoms with E-state index in [-0.39, 0.29) is 41.6 Å². The molecule has 21 heavy (non-hydrogen) atoms. The van der Waals surface area contributed by atoms with Gasteiger partial charge in [-0.2, -0.15) is 4.31 Å². The Morgan fingerprint density at radius 2 is 2.14 bits per heavy atom. The molecule has 1 aromatic rings. The predicted molar refractivity (Wildman–Crippen MR) is 71.7 cm³/mol. The molecule has 1 amide bonds. The Morgan fingerprint density at radius 3 is 2.76 bits per heavy atom. The molecule has 0 radical (unpaired) electrons. The Kier molecular flexibility index (Phi) is 3.37. The van der Waals surface area contributed by atoms with Crippen molar-refractivity contribution in [1.82, 2.24) is 9.62 Å². The molecule has 0 saturated carbocycles. The molecule has 0 aromatic heterocycles. The zero-order valence-corrected chi connectivity index (χ0v) is 12.2. The van der Waals surface area contributed by atoms with Crippen LogP contribution in [0.1, 0.15) is 6.42 Å². The van der Waals surface area contributed by atoms with Gasteiger partial charge >= 0.3 is 0 Å². The summed E-state index contributed by atoms with van der Waals surface area (Å²) < 4.78 is 44.8. The molecule has 0 unspecified atom stereocenters. The van der Waals surface area contributed by atoms with E-state index < -0.39 is 15.8 Å². The number of methoxy groups -OCH3 is 1. The third kappa shape index (κ3) is 2.38. The van der Waals surface area contributed by atoms with Crippen molar-refractivity contribution in [2.45, 2.75) is 17.4 Å². The van der Waals surface area contributed by atoms with Gasteiger partial charge in [0.2, 0.25) is 15.9 Å². The number of hydrogen-bond donors (Lipinski definition) is 1. The molecule has 0 bridgehead atoms. The van der Waals surface area contributed by atoms with Crippen LogP contribution in [-0.2, 0) is 14.8 Å². The average molecular weight is 314 g/mol. The number of benzene rings is 1. The van der Waals surface area contributed by atoms with Gasteiger partial charge in [-0.05, 0) is 18.2 Å². The second kappa shape index (κ2) is 4.96. The topological polar surface area (TPSA) is 75.7 Å².